The number of rotatable bonds is 2. The standard InChI is InChI=1S/C14H20N2S2/c1-10-6-7-17-13(10)8-15-14-16-12-5-3-2-4-11(12)9-18-14/h6-7,11-12H,2-5,8-9H2,1H3,(H,15,16). The Morgan fingerprint density at radius 1 is 1.39 bits per heavy atom. The Hall–Kier alpha value is -0.480. The number of aryl methyl sites for hydroxylation is 1. The lowest BCUT2D eigenvalue weighted by Crippen LogP contribution is -2.46. The summed E-state index contributed by atoms with van der Waals surface area (Å²) >= 11 is 3.74. The summed E-state index contributed by atoms with van der Waals surface area (Å²) in [5.41, 5.74) is 1.38. The van der Waals surface area contributed by atoms with Crippen molar-refractivity contribution in [2.45, 2.75) is 45.2 Å². The highest BCUT2D eigenvalue weighted by molar-refractivity contribution is 8.13. The number of nitrogens with zero attached hydrogens (tertiary/aromatic N) is 1. The van der Waals surface area contributed by atoms with Gasteiger partial charge >= 0.3 is 0 Å². The largest absolute Gasteiger partial charge is 0.362 e. The summed E-state index contributed by atoms with van der Waals surface area (Å²) in [6.07, 6.45) is 5.55. The van der Waals surface area contributed by atoms with Crippen LogP contribution in [-0.2, 0) is 6.54 Å². The van der Waals surface area contributed by atoms with Gasteiger partial charge in [0.15, 0.2) is 5.17 Å². The van der Waals surface area contributed by atoms with Gasteiger partial charge in [0, 0.05) is 16.7 Å². The van der Waals surface area contributed by atoms with Gasteiger partial charge < -0.3 is 5.32 Å². The molecule has 2 heterocycles. The summed E-state index contributed by atoms with van der Waals surface area (Å²) in [5.74, 6) is 2.14. The topological polar surface area (TPSA) is 24.4 Å². The SMILES string of the molecule is Cc1ccsc1CN=C1NC2CCCCC2CS1. The number of thiophene rings is 1. The molecule has 2 aliphatic rings. The molecule has 1 aromatic rings. The lowest BCUT2D eigenvalue weighted by Gasteiger charge is -2.36. The summed E-state index contributed by atoms with van der Waals surface area (Å²) in [6.45, 7) is 3.01. The van der Waals surface area contributed by atoms with E-state index in [9.17, 15) is 0 Å². The molecular formula is C14H20N2S2. The summed E-state index contributed by atoms with van der Waals surface area (Å²) in [5, 5.41) is 6.98. The molecule has 0 bridgehead atoms. The van der Waals surface area contributed by atoms with Crippen LogP contribution < -0.4 is 5.32 Å². The molecule has 1 aliphatic heterocycles. The zero-order chi connectivity index (χ0) is 12.4. The van der Waals surface area contributed by atoms with E-state index in [0.29, 0.717) is 6.04 Å². The van der Waals surface area contributed by atoms with Gasteiger partial charge in [0.1, 0.15) is 0 Å². The van der Waals surface area contributed by atoms with Crippen LogP contribution in [-0.4, -0.2) is 17.0 Å². The zero-order valence-corrected chi connectivity index (χ0v) is 12.4. The molecule has 1 aliphatic carbocycles. The van der Waals surface area contributed by atoms with Crippen molar-refractivity contribution in [1.29, 1.82) is 0 Å². The fourth-order valence-electron chi connectivity index (χ4n) is 2.78. The first-order valence-corrected chi connectivity index (χ1v) is 8.66. The molecule has 2 fully saturated rings. The lowest BCUT2D eigenvalue weighted by molar-refractivity contribution is 0.311. The van der Waals surface area contributed by atoms with Crippen LogP contribution in [0.15, 0.2) is 16.4 Å². The molecule has 1 aromatic heterocycles. The molecule has 2 unspecified atom stereocenters. The Balaban J connectivity index is 1.61. The minimum absolute atomic E-state index is 0.697. The van der Waals surface area contributed by atoms with Crippen molar-refractivity contribution in [1.82, 2.24) is 5.32 Å². The molecule has 0 aromatic carbocycles. The van der Waals surface area contributed by atoms with E-state index in [-0.39, 0.29) is 0 Å². The van der Waals surface area contributed by atoms with Crippen LogP contribution in [0.25, 0.3) is 0 Å². The molecule has 1 N–H and O–H groups in total. The Morgan fingerprint density at radius 2 is 2.28 bits per heavy atom. The van der Waals surface area contributed by atoms with Crippen molar-refractivity contribution in [3.63, 3.8) is 0 Å². The number of fused-ring (bicyclic) bond motifs is 1. The molecule has 0 amide bonds. The van der Waals surface area contributed by atoms with Gasteiger partial charge in [-0.05, 0) is 42.7 Å². The Kier molecular flexibility index (Phi) is 3.94. The van der Waals surface area contributed by atoms with Crippen LogP contribution in [0.5, 0.6) is 0 Å². The molecular weight excluding hydrogens is 260 g/mol. The number of thioether (sulfide) groups is 1. The van der Waals surface area contributed by atoms with Crippen molar-refractivity contribution >= 4 is 28.3 Å². The Bertz CT molecular complexity index is 439. The molecule has 0 spiro atoms. The van der Waals surface area contributed by atoms with Crippen molar-refractivity contribution in [3.05, 3.63) is 21.9 Å². The van der Waals surface area contributed by atoms with Crippen LogP contribution in [0.1, 0.15) is 36.1 Å². The van der Waals surface area contributed by atoms with Gasteiger partial charge in [-0.1, -0.05) is 24.6 Å². The fraction of sp³-hybridized carbons (Fsp3) is 0.643. The molecule has 0 radical (unpaired) electrons. The normalized spacial score (nSPS) is 29.9. The number of aliphatic imine (C=N–C) groups is 1. The van der Waals surface area contributed by atoms with E-state index in [0.717, 1.165) is 12.5 Å². The second-order valence-corrected chi connectivity index (χ2v) is 7.26. The van der Waals surface area contributed by atoms with Crippen molar-refractivity contribution < 1.29 is 0 Å². The fourth-order valence-corrected chi connectivity index (χ4v) is 4.78. The summed E-state index contributed by atoms with van der Waals surface area (Å²) in [7, 11) is 0. The maximum Gasteiger partial charge on any atom is 0.157 e. The second-order valence-electron chi connectivity index (χ2n) is 5.25. The van der Waals surface area contributed by atoms with Crippen LogP contribution in [0.4, 0.5) is 0 Å². The number of hydrogen-bond acceptors (Lipinski definition) is 3. The van der Waals surface area contributed by atoms with Crippen molar-refractivity contribution in [2.24, 2.45) is 10.9 Å². The number of hydrogen-bond donors (Lipinski definition) is 1. The molecule has 2 atom stereocenters. The van der Waals surface area contributed by atoms with E-state index in [1.54, 1.807) is 0 Å². The monoisotopic (exact) mass is 280 g/mol. The molecule has 1 saturated carbocycles. The second kappa shape index (κ2) is 5.66. The first-order chi connectivity index (χ1) is 8.83. The average Bonchev–Trinajstić information content (AvgIpc) is 2.82. The predicted molar refractivity (Wildman–Crippen MR) is 81.5 cm³/mol. The van der Waals surface area contributed by atoms with Gasteiger partial charge in [-0.15, -0.1) is 11.3 Å². The van der Waals surface area contributed by atoms with Crippen molar-refractivity contribution in [2.75, 3.05) is 5.75 Å². The third kappa shape index (κ3) is 2.75. The summed E-state index contributed by atoms with van der Waals surface area (Å²) < 4.78 is 0. The van der Waals surface area contributed by atoms with E-state index in [1.165, 1.54) is 47.0 Å². The van der Waals surface area contributed by atoms with Gasteiger partial charge in [-0.3, -0.25) is 4.99 Å². The number of amidine groups is 1. The van der Waals surface area contributed by atoms with E-state index in [1.807, 2.05) is 23.1 Å². The van der Waals surface area contributed by atoms with Gasteiger partial charge in [-0.2, -0.15) is 0 Å². The molecule has 1 saturated heterocycles. The molecule has 18 heavy (non-hydrogen) atoms. The van der Waals surface area contributed by atoms with E-state index in [2.05, 4.69) is 23.7 Å². The van der Waals surface area contributed by atoms with Gasteiger partial charge in [0.25, 0.3) is 0 Å². The molecule has 98 valence electrons. The van der Waals surface area contributed by atoms with E-state index in [4.69, 9.17) is 4.99 Å². The maximum atomic E-state index is 4.76. The van der Waals surface area contributed by atoms with Crippen LogP contribution >= 0.6 is 23.1 Å². The van der Waals surface area contributed by atoms with Crippen LogP contribution in [0.2, 0.25) is 0 Å². The highest BCUT2D eigenvalue weighted by Crippen LogP contribution is 2.31. The van der Waals surface area contributed by atoms with Gasteiger partial charge in [0.05, 0.1) is 6.54 Å². The maximum absolute atomic E-state index is 4.76. The highest BCUT2D eigenvalue weighted by atomic mass is 32.2. The molecule has 4 heteroatoms. The third-order valence-electron chi connectivity index (χ3n) is 3.99. The van der Waals surface area contributed by atoms with Gasteiger partial charge in [-0.25, -0.2) is 0 Å². The highest BCUT2D eigenvalue weighted by Gasteiger charge is 2.30. The zero-order valence-electron chi connectivity index (χ0n) is 10.8. The number of nitrogens with one attached hydrogen (secondary N) is 1. The summed E-state index contributed by atoms with van der Waals surface area (Å²) in [6, 6.07) is 2.88. The minimum Gasteiger partial charge on any atom is -0.362 e. The molecule has 3 rings (SSSR count). The average molecular weight is 280 g/mol. The first kappa shape index (κ1) is 12.5. The lowest BCUT2D eigenvalue weighted by atomic mass is 9.86. The van der Waals surface area contributed by atoms with E-state index >= 15 is 0 Å². The van der Waals surface area contributed by atoms with Crippen LogP contribution in [0, 0.1) is 12.8 Å². The first-order valence-electron chi connectivity index (χ1n) is 6.79. The van der Waals surface area contributed by atoms with Gasteiger partial charge in [0.2, 0.25) is 0 Å². The third-order valence-corrected chi connectivity index (χ3v) is 6.11. The Labute approximate surface area is 117 Å². The quantitative estimate of drug-likeness (QED) is 0.891. The van der Waals surface area contributed by atoms with E-state index < -0.39 is 0 Å². The Morgan fingerprint density at radius 3 is 3.11 bits per heavy atom. The summed E-state index contributed by atoms with van der Waals surface area (Å²) in [4.78, 5) is 6.16. The smallest absolute Gasteiger partial charge is 0.157 e. The van der Waals surface area contributed by atoms with Crippen LogP contribution in [0.3, 0.4) is 0 Å². The molecule has 2 nitrogen and oxygen atoms in total. The van der Waals surface area contributed by atoms with Crippen molar-refractivity contribution in [3.8, 4) is 0 Å². The predicted octanol–water partition coefficient (Wildman–Crippen LogP) is 3.81. The minimum atomic E-state index is 0.697.